The van der Waals surface area contributed by atoms with Crippen LogP contribution in [0.4, 0.5) is 26.3 Å². The highest BCUT2D eigenvalue weighted by Crippen LogP contribution is 2.35. The molecule has 1 aromatic heterocycles. The van der Waals surface area contributed by atoms with E-state index in [-0.39, 0.29) is 5.56 Å². The maximum atomic E-state index is 12.5. The second kappa shape index (κ2) is 4.25. The van der Waals surface area contributed by atoms with Gasteiger partial charge in [-0.15, -0.1) is 0 Å². The molecule has 2 aromatic rings. The minimum Gasteiger partial charge on any atom is -0.197 e. The highest BCUT2D eigenvalue weighted by molar-refractivity contribution is 5.62. The topological polar surface area (TPSA) is 41.6 Å². The Morgan fingerprint density at radius 2 is 1.37 bits per heavy atom. The molecule has 1 N–H and O–H groups in total. The van der Waals surface area contributed by atoms with E-state index in [1.807, 2.05) is 0 Å². The van der Waals surface area contributed by atoms with Gasteiger partial charge in [-0.1, -0.05) is 12.1 Å². The third kappa shape index (κ3) is 2.69. The van der Waals surface area contributed by atoms with Crippen LogP contribution in [0, 0.1) is 0 Å². The van der Waals surface area contributed by atoms with Crippen molar-refractivity contribution < 1.29 is 26.3 Å². The minimum atomic E-state index is -4.73. The molecular formula is C10H5F6N3. The number of hydrogen-bond donors (Lipinski definition) is 1. The van der Waals surface area contributed by atoms with Gasteiger partial charge in [-0.05, 0) is 12.1 Å². The highest BCUT2D eigenvalue weighted by Gasteiger charge is 2.38. The fourth-order valence-electron chi connectivity index (χ4n) is 1.45. The Kier molecular flexibility index (Phi) is 2.99. The molecule has 19 heavy (non-hydrogen) atoms. The zero-order chi connectivity index (χ0) is 14.3. The molecule has 0 fully saturated rings. The quantitative estimate of drug-likeness (QED) is 0.813. The van der Waals surface area contributed by atoms with Crippen molar-refractivity contribution in [3.05, 3.63) is 35.5 Å². The summed E-state index contributed by atoms with van der Waals surface area (Å²) in [6, 6.07) is 3.19. The molecule has 1 heterocycles. The van der Waals surface area contributed by atoms with Crippen molar-refractivity contribution in [1.82, 2.24) is 15.4 Å². The summed E-state index contributed by atoms with van der Waals surface area (Å²) >= 11 is 0. The number of aromatic amines is 1. The van der Waals surface area contributed by atoms with Crippen LogP contribution in [0.2, 0.25) is 0 Å². The Hall–Kier alpha value is -2.06. The number of benzene rings is 1. The number of hydrogen-bond acceptors (Lipinski definition) is 2. The van der Waals surface area contributed by atoms with Crippen LogP contribution < -0.4 is 0 Å². The lowest BCUT2D eigenvalue weighted by molar-refractivity contribution is -0.141. The molecule has 0 spiro atoms. The van der Waals surface area contributed by atoms with Gasteiger partial charge >= 0.3 is 12.4 Å². The van der Waals surface area contributed by atoms with Crippen LogP contribution in [0.1, 0.15) is 11.3 Å². The lowest BCUT2D eigenvalue weighted by Crippen LogP contribution is -2.08. The van der Waals surface area contributed by atoms with Crippen LogP contribution in [-0.2, 0) is 12.4 Å². The smallest absolute Gasteiger partial charge is 0.197 e. The standard InChI is InChI=1S/C10H5F6N3/c11-9(12,13)6-3-1-5(2-4-6)7-8(10(14,15)16)18-19-17-7/h1-4H,(H,17,18,19). The SMILES string of the molecule is FC(F)(F)c1ccc(-c2n[nH]nc2C(F)(F)F)cc1. The Morgan fingerprint density at radius 1 is 0.789 bits per heavy atom. The predicted molar refractivity (Wildman–Crippen MR) is 51.8 cm³/mol. The van der Waals surface area contributed by atoms with E-state index in [9.17, 15) is 26.3 Å². The highest BCUT2D eigenvalue weighted by atomic mass is 19.4. The van der Waals surface area contributed by atoms with Crippen molar-refractivity contribution in [2.24, 2.45) is 0 Å². The molecule has 0 saturated heterocycles. The Balaban J connectivity index is 2.42. The van der Waals surface area contributed by atoms with Crippen LogP contribution >= 0.6 is 0 Å². The maximum Gasteiger partial charge on any atom is 0.437 e. The van der Waals surface area contributed by atoms with Crippen molar-refractivity contribution in [2.45, 2.75) is 12.4 Å². The number of aromatic nitrogens is 3. The van der Waals surface area contributed by atoms with Crippen molar-refractivity contribution in [3.8, 4) is 11.3 Å². The molecule has 0 atom stereocenters. The maximum absolute atomic E-state index is 12.5. The van der Waals surface area contributed by atoms with E-state index in [2.05, 4.69) is 10.2 Å². The van der Waals surface area contributed by atoms with Gasteiger partial charge in [0.1, 0.15) is 5.69 Å². The number of rotatable bonds is 1. The molecule has 0 aliphatic carbocycles. The predicted octanol–water partition coefficient (Wildman–Crippen LogP) is 3.51. The largest absolute Gasteiger partial charge is 0.437 e. The molecule has 0 saturated carbocycles. The fourth-order valence-corrected chi connectivity index (χ4v) is 1.45. The van der Waals surface area contributed by atoms with Crippen LogP contribution in [0.5, 0.6) is 0 Å². The first-order valence-electron chi connectivity index (χ1n) is 4.85. The number of halogens is 6. The van der Waals surface area contributed by atoms with Gasteiger partial charge in [-0.3, -0.25) is 0 Å². The molecule has 1 aromatic carbocycles. The van der Waals surface area contributed by atoms with Crippen molar-refractivity contribution in [2.75, 3.05) is 0 Å². The van der Waals surface area contributed by atoms with E-state index < -0.39 is 29.3 Å². The van der Waals surface area contributed by atoms with Gasteiger partial charge in [0.2, 0.25) is 0 Å². The molecular weight excluding hydrogens is 276 g/mol. The first-order chi connectivity index (χ1) is 8.69. The summed E-state index contributed by atoms with van der Waals surface area (Å²) < 4.78 is 74.5. The van der Waals surface area contributed by atoms with Crippen LogP contribution in [-0.4, -0.2) is 15.4 Å². The molecule has 0 aliphatic rings. The van der Waals surface area contributed by atoms with E-state index >= 15 is 0 Å². The third-order valence-electron chi connectivity index (χ3n) is 2.30. The summed E-state index contributed by atoms with van der Waals surface area (Å²) in [7, 11) is 0. The zero-order valence-corrected chi connectivity index (χ0v) is 8.97. The van der Waals surface area contributed by atoms with E-state index in [4.69, 9.17) is 0 Å². The van der Waals surface area contributed by atoms with Crippen LogP contribution in [0.25, 0.3) is 11.3 Å². The van der Waals surface area contributed by atoms with Gasteiger partial charge < -0.3 is 0 Å². The van der Waals surface area contributed by atoms with E-state index in [0.29, 0.717) is 12.1 Å². The summed E-state index contributed by atoms with van der Waals surface area (Å²) in [5.41, 5.74) is -2.86. The second-order valence-corrected chi connectivity index (χ2v) is 3.59. The number of nitrogens with one attached hydrogen (secondary N) is 1. The lowest BCUT2D eigenvalue weighted by Gasteiger charge is -2.08. The Morgan fingerprint density at radius 3 is 1.84 bits per heavy atom. The normalized spacial score (nSPS) is 12.7. The van der Waals surface area contributed by atoms with Crippen LogP contribution in [0.3, 0.4) is 0 Å². The molecule has 0 unspecified atom stereocenters. The molecule has 3 nitrogen and oxygen atoms in total. The summed E-state index contributed by atoms with van der Waals surface area (Å²) in [5, 5.41) is 8.07. The van der Waals surface area contributed by atoms with Gasteiger partial charge in [0, 0.05) is 5.56 Å². The minimum absolute atomic E-state index is 0.103. The zero-order valence-electron chi connectivity index (χ0n) is 8.97. The molecule has 0 bridgehead atoms. The first-order valence-corrected chi connectivity index (χ1v) is 4.85. The summed E-state index contributed by atoms with van der Waals surface area (Å²) in [5.74, 6) is 0. The second-order valence-electron chi connectivity index (χ2n) is 3.59. The van der Waals surface area contributed by atoms with Gasteiger partial charge in [0.05, 0.1) is 5.56 Å². The van der Waals surface area contributed by atoms with E-state index in [1.165, 1.54) is 0 Å². The average molecular weight is 281 g/mol. The number of alkyl halides is 6. The number of H-pyrrole nitrogens is 1. The van der Waals surface area contributed by atoms with Crippen molar-refractivity contribution in [3.63, 3.8) is 0 Å². The molecule has 0 amide bonds. The Bertz CT molecular complexity index is 566. The van der Waals surface area contributed by atoms with E-state index in [0.717, 1.165) is 12.1 Å². The lowest BCUT2D eigenvalue weighted by atomic mass is 10.1. The monoisotopic (exact) mass is 281 g/mol. The Labute approximate surface area is 102 Å². The first kappa shape index (κ1) is 13.4. The van der Waals surface area contributed by atoms with Gasteiger partial charge in [0.15, 0.2) is 5.69 Å². The molecule has 0 aliphatic heterocycles. The van der Waals surface area contributed by atoms with Crippen molar-refractivity contribution in [1.29, 1.82) is 0 Å². The number of nitrogens with zero attached hydrogens (tertiary/aromatic N) is 2. The summed E-state index contributed by atoms with van der Waals surface area (Å²) in [6.45, 7) is 0. The molecule has 2 rings (SSSR count). The van der Waals surface area contributed by atoms with Gasteiger partial charge in [-0.2, -0.15) is 41.8 Å². The summed E-state index contributed by atoms with van der Waals surface area (Å²) in [6.07, 6.45) is -9.28. The molecule has 0 radical (unpaired) electrons. The van der Waals surface area contributed by atoms with Gasteiger partial charge in [0.25, 0.3) is 0 Å². The molecule has 102 valence electrons. The summed E-state index contributed by atoms with van der Waals surface area (Å²) in [4.78, 5) is 0. The fraction of sp³-hybridized carbons (Fsp3) is 0.200. The molecule has 9 heteroatoms. The third-order valence-corrected chi connectivity index (χ3v) is 2.30. The average Bonchev–Trinajstić information content (AvgIpc) is 2.76. The van der Waals surface area contributed by atoms with Gasteiger partial charge in [-0.25, -0.2) is 0 Å². The van der Waals surface area contributed by atoms with Crippen LogP contribution in [0.15, 0.2) is 24.3 Å². The van der Waals surface area contributed by atoms with E-state index in [1.54, 1.807) is 5.21 Å². The van der Waals surface area contributed by atoms with Crippen molar-refractivity contribution >= 4 is 0 Å².